The van der Waals surface area contributed by atoms with Crippen LogP contribution in [0, 0.1) is 0 Å². The molecule has 1 aromatic rings. The van der Waals surface area contributed by atoms with Gasteiger partial charge < -0.3 is 14.7 Å². The van der Waals surface area contributed by atoms with Gasteiger partial charge in [-0.15, -0.1) is 11.3 Å². The van der Waals surface area contributed by atoms with Crippen molar-refractivity contribution < 1.29 is 23.8 Å². The molecule has 1 aliphatic heterocycles. The van der Waals surface area contributed by atoms with Crippen LogP contribution in [-0.2, 0) is 9.53 Å². The first kappa shape index (κ1) is 17.7. The number of carbonyl (C=O) groups excluding carboxylic acids is 1. The molecule has 1 amide bonds. The van der Waals surface area contributed by atoms with Crippen LogP contribution in [0.25, 0.3) is 0 Å². The van der Waals surface area contributed by atoms with Gasteiger partial charge in [0.25, 0.3) is 5.91 Å². The van der Waals surface area contributed by atoms with Gasteiger partial charge in [0.2, 0.25) is 0 Å². The zero-order chi connectivity index (χ0) is 18.3. The van der Waals surface area contributed by atoms with Gasteiger partial charge in [0.1, 0.15) is 5.83 Å². The van der Waals surface area contributed by atoms with Crippen molar-refractivity contribution >= 4 is 34.8 Å². The van der Waals surface area contributed by atoms with Crippen LogP contribution in [0.2, 0.25) is 4.34 Å². The minimum absolute atomic E-state index is 0.0565. The minimum atomic E-state index is -1.02. The summed E-state index contributed by atoms with van der Waals surface area (Å²) in [5.74, 6) is -1.75. The number of allylic oxidation sites excluding steroid dienone is 2. The Morgan fingerprint density at radius 2 is 2.24 bits per heavy atom. The fraction of sp³-hybridized carbons (Fsp3) is 0.294. The Morgan fingerprint density at radius 3 is 2.80 bits per heavy atom. The van der Waals surface area contributed by atoms with Crippen molar-refractivity contribution in [3.05, 3.63) is 55.9 Å². The lowest BCUT2D eigenvalue weighted by Gasteiger charge is -2.29. The lowest BCUT2D eigenvalue weighted by molar-refractivity contribution is -0.136. The van der Waals surface area contributed by atoms with E-state index in [1.807, 2.05) is 0 Å². The molecule has 0 spiro atoms. The van der Waals surface area contributed by atoms with Crippen LogP contribution in [0.3, 0.4) is 0 Å². The van der Waals surface area contributed by atoms with Crippen LogP contribution in [0.15, 0.2) is 46.0 Å². The number of rotatable bonds is 4. The SMILES string of the molecule is COC1=C(F)CC2C(=C1)C(CC(=O)O)=C(C)N2C(=O)c1csc(Cl)c1. The number of carboxylic acid groups (broad SMARTS) is 1. The molecule has 2 heterocycles. The number of aliphatic carboxylic acids is 1. The van der Waals surface area contributed by atoms with E-state index in [0.29, 0.717) is 26.7 Å². The molecule has 0 aromatic carbocycles. The van der Waals surface area contributed by atoms with Crippen LogP contribution in [-0.4, -0.2) is 35.0 Å². The van der Waals surface area contributed by atoms with E-state index in [9.17, 15) is 19.1 Å². The van der Waals surface area contributed by atoms with Crippen LogP contribution in [0.1, 0.15) is 30.1 Å². The second-order valence-electron chi connectivity index (χ2n) is 5.74. The molecule has 8 heteroatoms. The highest BCUT2D eigenvalue weighted by atomic mass is 35.5. The van der Waals surface area contributed by atoms with E-state index < -0.39 is 17.8 Å². The van der Waals surface area contributed by atoms with Gasteiger partial charge in [-0.25, -0.2) is 4.39 Å². The summed E-state index contributed by atoms with van der Waals surface area (Å²) in [5, 5.41) is 10.8. The summed E-state index contributed by atoms with van der Waals surface area (Å²) < 4.78 is 19.8. The van der Waals surface area contributed by atoms with Crippen molar-refractivity contribution in [3.8, 4) is 0 Å². The molecule has 0 fully saturated rings. The first-order valence-electron chi connectivity index (χ1n) is 7.47. The van der Waals surface area contributed by atoms with Gasteiger partial charge in [0, 0.05) is 17.5 Å². The molecular formula is C17H15ClFNO4S. The normalized spacial score (nSPS) is 19.9. The topological polar surface area (TPSA) is 66.8 Å². The molecule has 0 saturated heterocycles. The number of hydrogen-bond acceptors (Lipinski definition) is 4. The fourth-order valence-electron chi connectivity index (χ4n) is 3.21. The Morgan fingerprint density at radius 1 is 1.52 bits per heavy atom. The molecule has 25 heavy (non-hydrogen) atoms. The fourth-order valence-corrected chi connectivity index (χ4v) is 4.06. The average Bonchev–Trinajstić information content (AvgIpc) is 3.08. The molecule has 1 aromatic heterocycles. The van der Waals surface area contributed by atoms with Crippen LogP contribution >= 0.6 is 22.9 Å². The molecule has 0 bridgehead atoms. The molecule has 0 radical (unpaired) electrons. The summed E-state index contributed by atoms with van der Waals surface area (Å²) >= 11 is 7.13. The van der Waals surface area contributed by atoms with Crippen LogP contribution in [0.4, 0.5) is 4.39 Å². The van der Waals surface area contributed by atoms with E-state index in [1.165, 1.54) is 29.4 Å². The van der Waals surface area contributed by atoms with Gasteiger partial charge in [0.15, 0.2) is 5.76 Å². The number of thiophene rings is 1. The Labute approximate surface area is 152 Å². The van der Waals surface area contributed by atoms with Gasteiger partial charge in [-0.05, 0) is 30.2 Å². The van der Waals surface area contributed by atoms with E-state index in [0.717, 1.165) is 0 Å². The van der Waals surface area contributed by atoms with Crippen molar-refractivity contribution in [2.45, 2.75) is 25.8 Å². The van der Waals surface area contributed by atoms with Gasteiger partial charge in [-0.3, -0.25) is 9.59 Å². The highest BCUT2D eigenvalue weighted by molar-refractivity contribution is 7.14. The molecule has 2 aliphatic rings. The number of nitrogens with zero attached hydrogens (tertiary/aromatic N) is 1. The third kappa shape index (κ3) is 3.09. The standard InChI is InChI=1S/C17H15ClFNO4S/c1-8-10(5-16(21)22)11-4-14(24-2)12(19)6-13(11)20(8)17(23)9-3-15(18)25-7-9/h3-4,7,13H,5-6H2,1-2H3,(H,21,22). The maximum Gasteiger partial charge on any atom is 0.307 e. The predicted octanol–water partition coefficient (Wildman–Crippen LogP) is 4.13. The first-order valence-corrected chi connectivity index (χ1v) is 8.73. The monoisotopic (exact) mass is 383 g/mol. The Bertz CT molecular complexity index is 855. The zero-order valence-corrected chi connectivity index (χ0v) is 15.1. The number of halogens is 2. The molecule has 132 valence electrons. The van der Waals surface area contributed by atoms with Crippen LogP contribution in [0.5, 0.6) is 0 Å². The lowest BCUT2D eigenvalue weighted by atomic mass is 9.92. The second-order valence-corrected chi connectivity index (χ2v) is 7.28. The van der Waals surface area contributed by atoms with Crippen molar-refractivity contribution in [1.29, 1.82) is 0 Å². The summed E-state index contributed by atoms with van der Waals surface area (Å²) in [6, 6.07) is 0.968. The maximum absolute atomic E-state index is 14.3. The molecule has 1 aliphatic carbocycles. The summed E-state index contributed by atoms with van der Waals surface area (Å²) in [5.41, 5.74) is 2.02. The summed E-state index contributed by atoms with van der Waals surface area (Å²) in [6.45, 7) is 1.67. The smallest absolute Gasteiger partial charge is 0.307 e. The number of carbonyl (C=O) groups is 2. The highest BCUT2D eigenvalue weighted by Gasteiger charge is 2.42. The highest BCUT2D eigenvalue weighted by Crippen LogP contribution is 2.43. The molecule has 5 nitrogen and oxygen atoms in total. The largest absolute Gasteiger partial charge is 0.494 e. The summed E-state index contributed by atoms with van der Waals surface area (Å²) in [6.07, 6.45) is 1.18. The van der Waals surface area contributed by atoms with E-state index in [-0.39, 0.29) is 24.5 Å². The second kappa shape index (κ2) is 6.65. The molecule has 3 rings (SSSR count). The molecular weight excluding hydrogens is 369 g/mol. The number of methoxy groups -OCH3 is 1. The van der Waals surface area contributed by atoms with Gasteiger partial charge >= 0.3 is 5.97 Å². The Balaban J connectivity index is 2.06. The third-order valence-corrected chi connectivity index (χ3v) is 5.42. The molecule has 0 saturated carbocycles. The van der Waals surface area contributed by atoms with Crippen molar-refractivity contribution in [3.63, 3.8) is 0 Å². The average molecular weight is 384 g/mol. The van der Waals surface area contributed by atoms with Gasteiger partial charge in [0.05, 0.1) is 29.5 Å². The predicted molar refractivity (Wildman–Crippen MR) is 92.1 cm³/mol. The third-order valence-electron chi connectivity index (χ3n) is 4.32. The van der Waals surface area contributed by atoms with Gasteiger partial charge in [-0.1, -0.05) is 11.6 Å². The lowest BCUT2D eigenvalue weighted by Crippen LogP contribution is -2.37. The number of amides is 1. The van der Waals surface area contributed by atoms with Gasteiger partial charge in [-0.2, -0.15) is 0 Å². The molecule has 1 unspecified atom stereocenters. The number of fused-ring (bicyclic) bond motifs is 1. The first-order chi connectivity index (χ1) is 11.8. The molecule has 1 N–H and O–H groups in total. The van der Waals surface area contributed by atoms with Crippen molar-refractivity contribution in [2.24, 2.45) is 0 Å². The van der Waals surface area contributed by atoms with E-state index in [2.05, 4.69) is 0 Å². The Kier molecular flexibility index (Phi) is 4.71. The van der Waals surface area contributed by atoms with E-state index >= 15 is 0 Å². The van der Waals surface area contributed by atoms with Crippen molar-refractivity contribution in [1.82, 2.24) is 4.90 Å². The molecule has 1 atom stereocenters. The summed E-state index contributed by atoms with van der Waals surface area (Å²) in [4.78, 5) is 25.6. The van der Waals surface area contributed by atoms with E-state index in [1.54, 1.807) is 18.4 Å². The number of ether oxygens (including phenoxy) is 1. The maximum atomic E-state index is 14.3. The van der Waals surface area contributed by atoms with Crippen molar-refractivity contribution in [2.75, 3.05) is 7.11 Å². The minimum Gasteiger partial charge on any atom is -0.494 e. The number of carboxylic acids is 1. The zero-order valence-electron chi connectivity index (χ0n) is 13.5. The van der Waals surface area contributed by atoms with Crippen LogP contribution < -0.4 is 0 Å². The quantitative estimate of drug-likeness (QED) is 0.848. The Hall–Kier alpha value is -2.12. The van der Waals surface area contributed by atoms with E-state index in [4.69, 9.17) is 16.3 Å². The summed E-state index contributed by atoms with van der Waals surface area (Å²) in [7, 11) is 1.35. The number of hydrogen-bond donors (Lipinski definition) is 1.